The molecule has 9 heteroatoms. The highest BCUT2D eigenvalue weighted by atomic mass is 16.5. The van der Waals surface area contributed by atoms with Crippen molar-refractivity contribution in [3.8, 4) is 6.01 Å². The molecule has 1 aliphatic heterocycles. The van der Waals surface area contributed by atoms with Crippen molar-refractivity contribution in [3.05, 3.63) is 0 Å². The fraction of sp³-hybridized carbons (Fsp3) is 0.583. The fourth-order valence-corrected chi connectivity index (χ4v) is 1.82. The third-order valence-electron chi connectivity index (χ3n) is 2.86. The molecule has 1 saturated heterocycles. The highest BCUT2D eigenvalue weighted by Crippen LogP contribution is 2.17. The molecule has 2 N–H and O–H groups in total. The second-order valence-electron chi connectivity index (χ2n) is 4.87. The normalized spacial score (nSPS) is 18.3. The van der Waals surface area contributed by atoms with Crippen molar-refractivity contribution < 1.29 is 14.3 Å². The molecule has 0 saturated carbocycles. The van der Waals surface area contributed by atoms with Crippen LogP contribution in [0.3, 0.4) is 0 Å². The van der Waals surface area contributed by atoms with Gasteiger partial charge >= 0.3 is 6.01 Å². The summed E-state index contributed by atoms with van der Waals surface area (Å²) in [7, 11) is 3.11. The van der Waals surface area contributed by atoms with Gasteiger partial charge in [-0.2, -0.15) is 15.0 Å². The van der Waals surface area contributed by atoms with Crippen LogP contribution >= 0.6 is 0 Å². The van der Waals surface area contributed by atoms with Crippen LogP contribution in [0.25, 0.3) is 0 Å². The second kappa shape index (κ2) is 5.90. The summed E-state index contributed by atoms with van der Waals surface area (Å²) in [5.41, 5.74) is 0. The first-order chi connectivity index (χ1) is 9.90. The topological polar surface area (TPSA) is 109 Å². The van der Waals surface area contributed by atoms with E-state index >= 15 is 0 Å². The molecule has 2 amide bonds. The molecule has 9 nitrogen and oxygen atoms in total. The average molecular weight is 294 g/mol. The van der Waals surface area contributed by atoms with E-state index < -0.39 is 6.04 Å². The van der Waals surface area contributed by atoms with Crippen molar-refractivity contribution in [2.75, 3.05) is 24.7 Å². The van der Waals surface area contributed by atoms with E-state index in [0.29, 0.717) is 5.95 Å². The molecule has 1 atom stereocenters. The van der Waals surface area contributed by atoms with E-state index in [1.54, 1.807) is 7.05 Å². The lowest BCUT2D eigenvalue weighted by molar-refractivity contribution is -0.136. The van der Waals surface area contributed by atoms with Gasteiger partial charge in [0.25, 0.3) is 5.91 Å². The molecule has 0 radical (unpaired) electrons. The van der Waals surface area contributed by atoms with Gasteiger partial charge in [-0.1, -0.05) is 0 Å². The quantitative estimate of drug-likeness (QED) is 0.723. The van der Waals surface area contributed by atoms with Crippen LogP contribution in [-0.2, 0) is 9.59 Å². The van der Waals surface area contributed by atoms with E-state index in [1.807, 2.05) is 13.8 Å². The van der Waals surface area contributed by atoms with Gasteiger partial charge in [-0.15, -0.1) is 0 Å². The molecule has 0 aliphatic carbocycles. The average Bonchev–Trinajstić information content (AvgIpc) is 2.65. The molecule has 2 rings (SSSR count). The van der Waals surface area contributed by atoms with Gasteiger partial charge in [-0.05, 0) is 13.8 Å². The Morgan fingerprint density at radius 2 is 1.90 bits per heavy atom. The number of carbonyl (C=O) groups is 2. The predicted molar refractivity (Wildman–Crippen MR) is 74.9 cm³/mol. The van der Waals surface area contributed by atoms with Crippen LogP contribution in [-0.4, -0.2) is 57.9 Å². The summed E-state index contributed by atoms with van der Waals surface area (Å²) >= 11 is 0. The lowest BCUT2D eigenvalue weighted by Crippen LogP contribution is -2.32. The van der Waals surface area contributed by atoms with Crippen LogP contribution in [0, 0.1) is 0 Å². The lowest BCUT2D eigenvalue weighted by atomic mass is 10.2. The second-order valence-corrected chi connectivity index (χ2v) is 4.87. The largest absolute Gasteiger partial charge is 0.461 e. The number of hydrogen-bond donors (Lipinski definition) is 2. The Kier molecular flexibility index (Phi) is 4.20. The Labute approximate surface area is 122 Å². The number of anilines is 2. The SMILES string of the molecule is CNc1nc(NC2CC(=O)N(C)C2=O)nc(OC(C)C)n1. The van der Waals surface area contributed by atoms with E-state index in [0.717, 1.165) is 4.90 Å². The highest BCUT2D eigenvalue weighted by molar-refractivity contribution is 6.06. The van der Waals surface area contributed by atoms with Gasteiger partial charge in [0, 0.05) is 14.1 Å². The molecule has 1 aliphatic rings. The van der Waals surface area contributed by atoms with Crippen LogP contribution in [0.15, 0.2) is 0 Å². The van der Waals surface area contributed by atoms with Crippen LogP contribution in [0.2, 0.25) is 0 Å². The highest BCUT2D eigenvalue weighted by Gasteiger charge is 2.36. The third kappa shape index (κ3) is 3.36. The van der Waals surface area contributed by atoms with E-state index in [4.69, 9.17) is 4.74 Å². The van der Waals surface area contributed by atoms with Crippen molar-refractivity contribution in [2.45, 2.75) is 32.4 Å². The number of carbonyl (C=O) groups excluding carboxylic acids is 2. The summed E-state index contributed by atoms with van der Waals surface area (Å²) in [6.07, 6.45) is -0.0122. The van der Waals surface area contributed by atoms with Crippen molar-refractivity contribution in [1.82, 2.24) is 19.9 Å². The molecule has 1 aromatic heterocycles. The first-order valence-corrected chi connectivity index (χ1v) is 6.58. The first-order valence-electron chi connectivity index (χ1n) is 6.58. The van der Waals surface area contributed by atoms with Gasteiger partial charge in [-0.25, -0.2) is 0 Å². The van der Waals surface area contributed by atoms with Gasteiger partial charge in [-0.3, -0.25) is 14.5 Å². The Bertz CT molecular complexity index is 562. The predicted octanol–water partition coefficient (Wildman–Crippen LogP) is -0.130. The van der Waals surface area contributed by atoms with Crippen molar-refractivity contribution in [3.63, 3.8) is 0 Å². The van der Waals surface area contributed by atoms with Crippen molar-refractivity contribution in [2.24, 2.45) is 0 Å². The number of nitrogens with one attached hydrogen (secondary N) is 2. The number of aromatic nitrogens is 3. The number of amides is 2. The van der Waals surface area contributed by atoms with Gasteiger partial charge < -0.3 is 15.4 Å². The van der Waals surface area contributed by atoms with Gasteiger partial charge in [0.05, 0.1) is 12.5 Å². The summed E-state index contributed by atoms with van der Waals surface area (Å²) in [6.45, 7) is 3.70. The maximum atomic E-state index is 11.9. The van der Waals surface area contributed by atoms with E-state index in [9.17, 15) is 9.59 Å². The molecule has 1 fully saturated rings. The van der Waals surface area contributed by atoms with E-state index in [2.05, 4.69) is 25.6 Å². The summed E-state index contributed by atoms with van der Waals surface area (Å²) in [5.74, 6) is -0.0449. The molecule has 1 unspecified atom stereocenters. The number of hydrogen-bond acceptors (Lipinski definition) is 8. The lowest BCUT2D eigenvalue weighted by Gasteiger charge is -2.13. The Balaban J connectivity index is 2.19. The Morgan fingerprint density at radius 1 is 1.24 bits per heavy atom. The summed E-state index contributed by atoms with van der Waals surface area (Å²) < 4.78 is 5.43. The van der Waals surface area contributed by atoms with Crippen LogP contribution in [0.5, 0.6) is 6.01 Å². The minimum absolute atomic E-state index is 0.0796. The van der Waals surface area contributed by atoms with Crippen LogP contribution in [0.1, 0.15) is 20.3 Å². The Hall–Kier alpha value is -2.45. The fourth-order valence-electron chi connectivity index (χ4n) is 1.82. The number of likely N-dealkylation sites (tertiary alicyclic amines) is 1. The van der Waals surface area contributed by atoms with E-state index in [-0.39, 0.29) is 36.3 Å². The first kappa shape index (κ1) is 14.9. The molecule has 2 heterocycles. The van der Waals surface area contributed by atoms with Gasteiger partial charge in [0.1, 0.15) is 6.04 Å². The van der Waals surface area contributed by atoms with E-state index in [1.165, 1.54) is 7.05 Å². The van der Waals surface area contributed by atoms with Crippen molar-refractivity contribution in [1.29, 1.82) is 0 Å². The monoisotopic (exact) mass is 294 g/mol. The zero-order chi connectivity index (χ0) is 15.6. The smallest absolute Gasteiger partial charge is 0.323 e. The maximum Gasteiger partial charge on any atom is 0.323 e. The standard InChI is InChI=1S/C12H18N6O3/c1-6(2)21-12-16-10(13-3)15-11(17-12)14-7-5-8(19)18(4)9(7)20/h6-7H,5H2,1-4H3,(H2,13,14,15,16,17). The van der Waals surface area contributed by atoms with Crippen LogP contribution < -0.4 is 15.4 Å². The summed E-state index contributed by atoms with van der Waals surface area (Å²) in [5, 5.41) is 5.64. The minimum atomic E-state index is -0.665. The number of rotatable bonds is 5. The number of ether oxygens (including phenoxy) is 1. The van der Waals surface area contributed by atoms with Crippen LogP contribution in [0.4, 0.5) is 11.9 Å². The number of nitrogens with zero attached hydrogens (tertiary/aromatic N) is 4. The molecular formula is C12H18N6O3. The summed E-state index contributed by atoms with van der Waals surface area (Å²) in [6, 6.07) is -0.515. The molecule has 1 aromatic rings. The molecule has 0 bridgehead atoms. The van der Waals surface area contributed by atoms with Gasteiger partial charge in [0.15, 0.2) is 0 Å². The molecule has 21 heavy (non-hydrogen) atoms. The minimum Gasteiger partial charge on any atom is -0.461 e. The number of likely N-dealkylation sites (N-methyl/N-ethyl adjacent to an activating group) is 1. The summed E-state index contributed by atoms with van der Waals surface area (Å²) in [4.78, 5) is 36.7. The third-order valence-corrected chi connectivity index (χ3v) is 2.86. The number of imide groups is 1. The maximum absolute atomic E-state index is 11.9. The van der Waals surface area contributed by atoms with Crippen molar-refractivity contribution >= 4 is 23.7 Å². The molecule has 114 valence electrons. The zero-order valence-electron chi connectivity index (χ0n) is 12.4. The molecule has 0 aromatic carbocycles. The Morgan fingerprint density at radius 3 is 2.43 bits per heavy atom. The molecular weight excluding hydrogens is 276 g/mol. The molecule has 0 spiro atoms. The van der Waals surface area contributed by atoms with Gasteiger partial charge in [0.2, 0.25) is 17.8 Å². The zero-order valence-corrected chi connectivity index (χ0v) is 12.4.